The number of carbonyl (C=O) groups is 3. The van der Waals surface area contributed by atoms with E-state index >= 15 is 0 Å². The molecule has 6 heteroatoms. The Kier molecular flexibility index (Phi) is 4.83. The van der Waals surface area contributed by atoms with Crippen molar-refractivity contribution in [1.29, 1.82) is 0 Å². The maximum absolute atomic E-state index is 12.2. The molecule has 1 saturated carbocycles. The zero-order valence-corrected chi connectivity index (χ0v) is 13.8. The highest BCUT2D eigenvalue weighted by molar-refractivity contribution is 5.99. The third-order valence-electron chi connectivity index (χ3n) is 4.40. The van der Waals surface area contributed by atoms with E-state index in [1.807, 2.05) is 24.3 Å². The van der Waals surface area contributed by atoms with E-state index in [4.69, 9.17) is 4.74 Å². The first-order valence-corrected chi connectivity index (χ1v) is 8.42. The number of aryl methyl sites for hydroxylation is 1. The second-order valence-electron chi connectivity index (χ2n) is 6.37. The van der Waals surface area contributed by atoms with Crippen molar-refractivity contribution in [1.82, 2.24) is 5.32 Å². The predicted molar refractivity (Wildman–Crippen MR) is 88.4 cm³/mol. The van der Waals surface area contributed by atoms with Gasteiger partial charge in [0, 0.05) is 24.7 Å². The van der Waals surface area contributed by atoms with Crippen molar-refractivity contribution in [3.05, 3.63) is 29.8 Å². The fourth-order valence-electron chi connectivity index (χ4n) is 2.78. The van der Waals surface area contributed by atoms with E-state index < -0.39 is 11.9 Å². The van der Waals surface area contributed by atoms with Gasteiger partial charge >= 0.3 is 5.97 Å². The molecule has 0 aromatic heterocycles. The van der Waals surface area contributed by atoms with Gasteiger partial charge in [0.05, 0.1) is 5.92 Å². The molecule has 0 spiro atoms. The Morgan fingerprint density at radius 3 is 2.58 bits per heavy atom. The van der Waals surface area contributed by atoms with E-state index in [0.29, 0.717) is 6.54 Å². The van der Waals surface area contributed by atoms with Crippen LogP contribution in [0.1, 0.15) is 31.7 Å². The van der Waals surface area contributed by atoms with Gasteiger partial charge in [0.2, 0.25) is 5.91 Å². The Morgan fingerprint density at radius 2 is 1.96 bits per heavy atom. The molecule has 1 aliphatic heterocycles. The molecule has 3 rings (SSSR count). The summed E-state index contributed by atoms with van der Waals surface area (Å²) in [6.45, 7) is 2.10. The maximum Gasteiger partial charge on any atom is 0.311 e. The van der Waals surface area contributed by atoms with Crippen molar-refractivity contribution < 1.29 is 19.1 Å². The largest absolute Gasteiger partial charge is 0.455 e. The van der Waals surface area contributed by atoms with E-state index in [9.17, 15) is 14.4 Å². The van der Waals surface area contributed by atoms with E-state index in [1.165, 1.54) is 5.56 Å². The monoisotopic (exact) mass is 330 g/mol. The Bertz CT molecular complexity index is 637. The topological polar surface area (TPSA) is 75.7 Å². The van der Waals surface area contributed by atoms with E-state index in [0.717, 1.165) is 24.9 Å². The van der Waals surface area contributed by atoms with Gasteiger partial charge in [-0.2, -0.15) is 0 Å². The zero-order valence-electron chi connectivity index (χ0n) is 13.8. The molecule has 1 aliphatic carbocycles. The summed E-state index contributed by atoms with van der Waals surface area (Å²) in [4.78, 5) is 37.4. The van der Waals surface area contributed by atoms with E-state index in [-0.39, 0.29) is 30.9 Å². The molecule has 2 amide bonds. The number of hydrogen-bond acceptors (Lipinski definition) is 4. The highest BCUT2D eigenvalue weighted by Gasteiger charge is 2.36. The molecule has 1 heterocycles. The molecule has 1 aromatic rings. The van der Waals surface area contributed by atoms with Gasteiger partial charge < -0.3 is 15.0 Å². The lowest BCUT2D eigenvalue weighted by Gasteiger charge is -2.17. The maximum atomic E-state index is 12.2. The van der Waals surface area contributed by atoms with Crippen molar-refractivity contribution in [2.45, 2.75) is 38.6 Å². The quantitative estimate of drug-likeness (QED) is 0.801. The molecule has 1 aromatic carbocycles. The number of rotatable bonds is 6. The SMILES string of the molecule is CCc1ccc(N2C[C@@H](C(=O)OCC(=O)NC3CC3)CC2=O)cc1. The molecule has 1 N–H and O–H groups in total. The highest BCUT2D eigenvalue weighted by atomic mass is 16.5. The minimum Gasteiger partial charge on any atom is -0.455 e. The first-order chi connectivity index (χ1) is 11.6. The number of ether oxygens (including phenoxy) is 1. The molecule has 0 unspecified atom stereocenters. The van der Waals surface area contributed by atoms with Gasteiger partial charge in [0.25, 0.3) is 5.91 Å². The fraction of sp³-hybridized carbons (Fsp3) is 0.500. The molecule has 0 radical (unpaired) electrons. The van der Waals surface area contributed by atoms with Gasteiger partial charge in [0.1, 0.15) is 0 Å². The lowest BCUT2D eigenvalue weighted by Crippen LogP contribution is -2.32. The minimum absolute atomic E-state index is 0.0939. The molecule has 0 bridgehead atoms. The van der Waals surface area contributed by atoms with Crippen LogP contribution in [0, 0.1) is 5.92 Å². The summed E-state index contributed by atoms with van der Waals surface area (Å²) in [6.07, 6.45) is 3.04. The van der Waals surface area contributed by atoms with E-state index in [2.05, 4.69) is 12.2 Å². The van der Waals surface area contributed by atoms with Crippen LogP contribution in [0.4, 0.5) is 5.69 Å². The third-order valence-corrected chi connectivity index (χ3v) is 4.40. The van der Waals surface area contributed by atoms with Crippen LogP contribution in [0.25, 0.3) is 0 Å². The summed E-state index contributed by atoms with van der Waals surface area (Å²) < 4.78 is 5.06. The van der Waals surface area contributed by atoms with Crippen molar-refractivity contribution >= 4 is 23.5 Å². The van der Waals surface area contributed by atoms with Gasteiger partial charge in [-0.15, -0.1) is 0 Å². The van der Waals surface area contributed by atoms with Crippen LogP contribution in [0.2, 0.25) is 0 Å². The third kappa shape index (κ3) is 3.93. The van der Waals surface area contributed by atoms with Crippen LogP contribution >= 0.6 is 0 Å². The summed E-state index contributed by atoms with van der Waals surface area (Å²) >= 11 is 0. The number of nitrogens with zero attached hydrogens (tertiary/aromatic N) is 1. The molecule has 1 saturated heterocycles. The van der Waals surface area contributed by atoms with Crippen LogP contribution in [0.5, 0.6) is 0 Å². The van der Waals surface area contributed by atoms with Crippen LogP contribution < -0.4 is 10.2 Å². The summed E-state index contributed by atoms with van der Waals surface area (Å²) in [6, 6.07) is 8.00. The number of carbonyl (C=O) groups excluding carboxylic acids is 3. The predicted octanol–water partition coefficient (Wildman–Crippen LogP) is 1.42. The van der Waals surface area contributed by atoms with Gasteiger partial charge in [-0.05, 0) is 37.0 Å². The van der Waals surface area contributed by atoms with Crippen LogP contribution in [-0.4, -0.2) is 37.0 Å². The Balaban J connectivity index is 1.52. The minimum atomic E-state index is -0.517. The first-order valence-electron chi connectivity index (χ1n) is 8.42. The Labute approximate surface area is 141 Å². The summed E-state index contributed by atoms with van der Waals surface area (Å²) in [7, 11) is 0. The molecule has 24 heavy (non-hydrogen) atoms. The molecule has 2 aliphatic rings. The average Bonchev–Trinajstić information content (AvgIpc) is 3.31. The summed E-state index contributed by atoms with van der Waals surface area (Å²) in [5.74, 6) is -1.37. The highest BCUT2D eigenvalue weighted by Crippen LogP contribution is 2.26. The molecule has 6 nitrogen and oxygen atoms in total. The van der Waals surface area contributed by atoms with Crippen molar-refractivity contribution in [2.24, 2.45) is 5.92 Å². The van der Waals surface area contributed by atoms with Gasteiger partial charge in [0.15, 0.2) is 6.61 Å². The summed E-state index contributed by atoms with van der Waals surface area (Å²) in [5, 5.41) is 2.76. The number of nitrogens with one attached hydrogen (secondary N) is 1. The van der Waals surface area contributed by atoms with Crippen LogP contribution in [0.3, 0.4) is 0 Å². The van der Waals surface area contributed by atoms with Crippen molar-refractivity contribution in [2.75, 3.05) is 18.1 Å². The van der Waals surface area contributed by atoms with Gasteiger partial charge in [-0.1, -0.05) is 19.1 Å². The summed E-state index contributed by atoms with van der Waals surface area (Å²) in [5.41, 5.74) is 1.99. The van der Waals surface area contributed by atoms with Gasteiger partial charge in [-0.3, -0.25) is 14.4 Å². The molecular formula is C18H22N2O4. The lowest BCUT2D eigenvalue weighted by molar-refractivity contribution is -0.152. The number of anilines is 1. The Hall–Kier alpha value is -2.37. The van der Waals surface area contributed by atoms with Crippen molar-refractivity contribution in [3.63, 3.8) is 0 Å². The van der Waals surface area contributed by atoms with Crippen LogP contribution in [0.15, 0.2) is 24.3 Å². The van der Waals surface area contributed by atoms with Gasteiger partial charge in [-0.25, -0.2) is 0 Å². The standard InChI is InChI=1S/C18H22N2O4/c1-2-12-3-7-15(8-4-12)20-10-13(9-17(20)22)18(23)24-11-16(21)19-14-5-6-14/h3-4,7-8,13-14H,2,5-6,9-11H2,1H3,(H,19,21)/t13-/m0/s1. The molecule has 2 fully saturated rings. The molecular weight excluding hydrogens is 308 g/mol. The zero-order chi connectivity index (χ0) is 17.1. The second-order valence-corrected chi connectivity index (χ2v) is 6.37. The first kappa shape index (κ1) is 16.5. The van der Waals surface area contributed by atoms with Crippen LogP contribution in [-0.2, 0) is 25.5 Å². The molecule has 128 valence electrons. The normalized spacial score (nSPS) is 20.1. The smallest absolute Gasteiger partial charge is 0.311 e. The average molecular weight is 330 g/mol. The molecule has 1 atom stereocenters. The second kappa shape index (κ2) is 7.03. The lowest BCUT2D eigenvalue weighted by atomic mass is 10.1. The number of esters is 1. The number of hydrogen-bond donors (Lipinski definition) is 1. The Morgan fingerprint density at radius 1 is 1.25 bits per heavy atom. The fourth-order valence-corrected chi connectivity index (χ4v) is 2.78. The van der Waals surface area contributed by atoms with Crippen molar-refractivity contribution in [3.8, 4) is 0 Å². The van der Waals surface area contributed by atoms with E-state index in [1.54, 1.807) is 4.90 Å². The number of benzene rings is 1. The number of amides is 2.